The van der Waals surface area contributed by atoms with E-state index in [2.05, 4.69) is 10.6 Å². The summed E-state index contributed by atoms with van der Waals surface area (Å²) in [5.41, 5.74) is 1.36. The third-order valence-corrected chi connectivity index (χ3v) is 4.96. The summed E-state index contributed by atoms with van der Waals surface area (Å²) in [5, 5.41) is 4.82. The second-order valence-corrected chi connectivity index (χ2v) is 6.87. The van der Waals surface area contributed by atoms with Crippen LogP contribution in [0.25, 0.3) is 0 Å². The molecular formula is C21H17N3O6. The predicted octanol–water partition coefficient (Wildman–Crippen LogP) is 1.45. The van der Waals surface area contributed by atoms with Crippen molar-refractivity contribution in [3.05, 3.63) is 64.2 Å². The molecule has 2 heterocycles. The zero-order valence-electron chi connectivity index (χ0n) is 16.0. The highest BCUT2D eigenvalue weighted by Gasteiger charge is 2.35. The molecule has 0 atom stereocenters. The number of carbonyl (C=O) groups is 5. The molecule has 9 nitrogen and oxygen atoms in total. The van der Waals surface area contributed by atoms with E-state index in [9.17, 15) is 24.0 Å². The van der Waals surface area contributed by atoms with Gasteiger partial charge >= 0.3 is 0 Å². The van der Waals surface area contributed by atoms with Crippen LogP contribution in [0.3, 0.4) is 0 Å². The smallest absolute Gasteiger partial charge is 0.261 e. The number of ether oxygens (including phenoxy) is 1. The molecule has 2 aliphatic heterocycles. The quantitative estimate of drug-likeness (QED) is 0.552. The van der Waals surface area contributed by atoms with E-state index in [1.807, 2.05) is 0 Å². The Bertz CT molecular complexity index is 1120. The maximum Gasteiger partial charge on any atom is 0.261 e. The highest BCUT2D eigenvalue weighted by Crippen LogP contribution is 2.25. The lowest BCUT2D eigenvalue weighted by Crippen LogP contribution is -2.31. The molecule has 152 valence electrons. The number of rotatable bonds is 6. The molecule has 9 heteroatoms. The number of anilines is 1. The SMILES string of the molecule is COCCCN1C(=O)c2ccc(C(=O)Nc3ccc4c(c3)C(=O)NC4=O)cc2C1=O. The Kier molecular flexibility index (Phi) is 4.88. The molecule has 0 radical (unpaired) electrons. The number of carbonyl (C=O) groups excluding carboxylic acids is 5. The van der Waals surface area contributed by atoms with E-state index < -0.39 is 29.5 Å². The molecule has 30 heavy (non-hydrogen) atoms. The fraction of sp³-hybridized carbons (Fsp3) is 0.190. The van der Waals surface area contributed by atoms with Crippen molar-refractivity contribution in [2.75, 3.05) is 25.6 Å². The molecule has 4 rings (SSSR count). The lowest BCUT2D eigenvalue weighted by molar-refractivity contribution is 0.0637. The first-order valence-electron chi connectivity index (χ1n) is 9.21. The van der Waals surface area contributed by atoms with Gasteiger partial charge in [0.25, 0.3) is 29.5 Å². The number of hydrogen-bond donors (Lipinski definition) is 2. The van der Waals surface area contributed by atoms with Gasteiger partial charge in [0, 0.05) is 31.5 Å². The molecule has 0 spiro atoms. The van der Waals surface area contributed by atoms with Crippen LogP contribution in [0.15, 0.2) is 36.4 Å². The Morgan fingerprint density at radius 3 is 2.40 bits per heavy atom. The molecule has 0 unspecified atom stereocenters. The largest absolute Gasteiger partial charge is 0.385 e. The highest BCUT2D eigenvalue weighted by atomic mass is 16.5. The van der Waals surface area contributed by atoms with Gasteiger partial charge in [-0.25, -0.2) is 0 Å². The van der Waals surface area contributed by atoms with Gasteiger partial charge in [0.1, 0.15) is 0 Å². The van der Waals surface area contributed by atoms with Crippen LogP contribution in [-0.2, 0) is 4.74 Å². The number of fused-ring (bicyclic) bond motifs is 2. The molecule has 0 fully saturated rings. The predicted molar refractivity (Wildman–Crippen MR) is 104 cm³/mol. The topological polar surface area (TPSA) is 122 Å². The summed E-state index contributed by atoms with van der Waals surface area (Å²) >= 11 is 0. The van der Waals surface area contributed by atoms with Crippen LogP contribution in [-0.4, -0.2) is 54.7 Å². The molecule has 2 aliphatic rings. The molecule has 2 N–H and O–H groups in total. The standard InChI is InChI=1S/C21H17N3O6/c1-30-8-2-7-24-20(28)14-5-3-11(9-16(14)21(24)29)17(25)22-12-4-6-13-15(10-12)19(27)23-18(13)26/h3-6,9-10H,2,7-8H2,1H3,(H,22,25)(H,23,26,27). The summed E-state index contributed by atoms with van der Waals surface area (Å²) in [7, 11) is 1.54. The summed E-state index contributed by atoms with van der Waals surface area (Å²) in [6, 6.07) is 8.66. The molecule has 0 saturated heterocycles. The fourth-order valence-corrected chi connectivity index (χ4v) is 3.45. The van der Waals surface area contributed by atoms with Gasteiger partial charge in [-0.3, -0.25) is 34.2 Å². The number of methoxy groups -OCH3 is 1. The maximum atomic E-state index is 12.6. The van der Waals surface area contributed by atoms with Gasteiger partial charge in [-0.05, 0) is 42.8 Å². The van der Waals surface area contributed by atoms with Crippen LogP contribution < -0.4 is 10.6 Å². The maximum absolute atomic E-state index is 12.6. The third kappa shape index (κ3) is 3.25. The second kappa shape index (κ2) is 7.53. The minimum Gasteiger partial charge on any atom is -0.385 e. The minimum absolute atomic E-state index is 0.170. The molecule has 0 aliphatic carbocycles. The molecule has 2 aromatic rings. The van der Waals surface area contributed by atoms with Gasteiger partial charge in [0.15, 0.2) is 0 Å². The number of nitrogens with one attached hydrogen (secondary N) is 2. The van der Waals surface area contributed by atoms with Gasteiger partial charge in [-0.1, -0.05) is 0 Å². The summed E-state index contributed by atoms with van der Waals surface area (Å²) in [5.74, 6) is -2.37. The zero-order valence-corrected chi connectivity index (χ0v) is 16.0. The summed E-state index contributed by atoms with van der Waals surface area (Å²) in [4.78, 5) is 62.2. The molecular weight excluding hydrogens is 390 g/mol. The Morgan fingerprint density at radius 2 is 1.63 bits per heavy atom. The van der Waals surface area contributed by atoms with Gasteiger partial charge in [0.05, 0.1) is 22.3 Å². The lowest BCUT2D eigenvalue weighted by Gasteiger charge is -2.12. The number of nitrogens with zero attached hydrogens (tertiary/aromatic N) is 1. The van der Waals surface area contributed by atoms with Crippen molar-refractivity contribution in [1.29, 1.82) is 0 Å². The second-order valence-electron chi connectivity index (χ2n) is 6.87. The van der Waals surface area contributed by atoms with E-state index in [1.54, 1.807) is 7.11 Å². The van der Waals surface area contributed by atoms with E-state index in [-0.39, 0.29) is 34.4 Å². The highest BCUT2D eigenvalue weighted by molar-refractivity contribution is 6.23. The summed E-state index contributed by atoms with van der Waals surface area (Å²) < 4.78 is 4.95. The normalized spacial score (nSPS) is 14.6. The minimum atomic E-state index is -0.527. The molecule has 2 aromatic carbocycles. The van der Waals surface area contributed by atoms with Crippen LogP contribution in [0.4, 0.5) is 5.69 Å². The molecule has 5 amide bonds. The Balaban J connectivity index is 1.53. The zero-order chi connectivity index (χ0) is 21.4. The number of benzene rings is 2. The van der Waals surface area contributed by atoms with Crippen molar-refractivity contribution in [2.45, 2.75) is 6.42 Å². The van der Waals surface area contributed by atoms with Crippen molar-refractivity contribution in [3.8, 4) is 0 Å². The Hall–Kier alpha value is -3.85. The van der Waals surface area contributed by atoms with Crippen molar-refractivity contribution in [1.82, 2.24) is 10.2 Å². The first-order chi connectivity index (χ1) is 14.4. The first-order valence-corrected chi connectivity index (χ1v) is 9.21. The molecule has 0 saturated carbocycles. The molecule has 0 aromatic heterocycles. The number of imide groups is 2. The van der Waals surface area contributed by atoms with Crippen molar-refractivity contribution >= 4 is 35.2 Å². The monoisotopic (exact) mass is 407 g/mol. The van der Waals surface area contributed by atoms with E-state index in [1.165, 1.54) is 36.4 Å². The van der Waals surface area contributed by atoms with Crippen LogP contribution in [0.5, 0.6) is 0 Å². The number of hydrogen-bond acceptors (Lipinski definition) is 6. The van der Waals surface area contributed by atoms with Crippen molar-refractivity contribution < 1.29 is 28.7 Å². The van der Waals surface area contributed by atoms with E-state index >= 15 is 0 Å². The van der Waals surface area contributed by atoms with Crippen LogP contribution in [0.2, 0.25) is 0 Å². The van der Waals surface area contributed by atoms with Gasteiger partial charge < -0.3 is 10.1 Å². The fourth-order valence-electron chi connectivity index (χ4n) is 3.45. The Labute approximate surface area is 171 Å². The van der Waals surface area contributed by atoms with Gasteiger partial charge in [0.2, 0.25) is 0 Å². The van der Waals surface area contributed by atoms with Crippen LogP contribution in [0.1, 0.15) is 58.2 Å². The van der Waals surface area contributed by atoms with E-state index in [0.29, 0.717) is 18.7 Å². The van der Waals surface area contributed by atoms with E-state index in [4.69, 9.17) is 4.74 Å². The summed E-state index contributed by atoms with van der Waals surface area (Å²) in [6.07, 6.45) is 0.518. The van der Waals surface area contributed by atoms with Crippen molar-refractivity contribution in [3.63, 3.8) is 0 Å². The third-order valence-electron chi connectivity index (χ3n) is 4.96. The van der Waals surface area contributed by atoms with Gasteiger partial charge in [-0.2, -0.15) is 0 Å². The van der Waals surface area contributed by atoms with Gasteiger partial charge in [-0.15, -0.1) is 0 Å². The van der Waals surface area contributed by atoms with E-state index in [0.717, 1.165) is 4.90 Å². The van der Waals surface area contributed by atoms with Crippen LogP contribution in [0, 0.1) is 0 Å². The molecule has 0 bridgehead atoms. The Morgan fingerprint density at radius 1 is 0.933 bits per heavy atom. The summed E-state index contributed by atoms with van der Waals surface area (Å²) in [6.45, 7) is 0.656. The lowest BCUT2D eigenvalue weighted by atomic mass is 10.0. The number of amides is 5. The van der Waals surface area contributed by atoms with Crippen LogP contribution >= 0.6 is 0 Å². The first kappa shape index (κ1) is 19.5. The average molecular weight is 407 g/mol. The average Bonchev–Trinajstić information content (AvgIpc) is 3.15. The van der Waals surface area contributed by atoms with Crippen molar-refractivity contribution in [2.24, 2.45) is 0 Å².